The molecule has 0 aliphatic carbocycles. The van der Waals surface area contributed by atoms with Crippen LogP contribution in [0.5, 0.6) is 0 Å². The Morgan fingerprint density at radius 1 is 1.28 bits per heavy atom. The number of aliphatic imine (C=N–C) groups is 1. The van der Waals surface area contributed by atoms with Crippen LogP contribution in [0.15, 0.2) is 41.8 Å². The van der Waals surface area contributed by atoms with Crippen molar-refractivity contribution in [2.45, 2.75) is 6.17 Å². The largest absolute Gasteiger partial charge is 0.284 e. The molecule has 6 heteroatoms. The number of halogens is 1. The number of benzene rings is 1. The summed E-state index contributed by atoms with van der Waals surface area (Å²) >= 11 is 5.95. The molecule has 0 saturated heterocycles. The number of hydrogen-bond donors (Lipinski definition) is 0. The number of fused-ring (bicyclic) bond motifs is 6. The third kappa shape index (κ3) is 1.12. The lowest BCUT2D eigenvalue weighted by Crippen LogP contribution is -2.41. The number of nitrogens with zero attached hydrogens (tertiary/aromatic N) is 5. The van der Waals surface area contributed by atoms with Gasteiger partial charge in [-0.1, -0.05) is 18.2 Å². The third-order valence-corrected chi connectivity index (χ3v) is 3.55. The molecule has 1 aromatic heterocycles. The van der Waals surface area contributed by atoms with Crippen LogP contribution in [0.3, 0.4) is 0 Å². The molecule has 90 valence electrons. The Bertz CT molecular complexity index is 635. The second-order valence-corrected chi connectivity index (χ2v) is 4.46. The van der Waals surface area contributed by atoms with Gasteiger partial charge in [0, 0.05) is 5.56 Å². The molecular weight excluding hydrogens is 250 g/mol. The summed E-state index contributed by atoms with van der Waals surface area (Å²) in [6, 6.07) is 8.59. The number of imidazole rings is 1. The second-order valence-electron chi connectivity index (χ2n) is 4.22. The molecule has 1 unspecified atom stereocenters. The lowest BCUT2D eigenvalue weighted by atomic mass is 10.1. The fraction of sp³-hybridized carbons (Fsp3) is 0.167. The number of anilines is 1. The molecule has 2 aliphatic heterocycles. The van der Waals surface area contributed by atoms with E-state index in [2.05, 4.69) is 31.7 Å². The number of hydrogen-bond acceptors (Lipinski definition) is 4. The van der Waals surface area contributed by atoms with Crippen LogP contribution in [0.4, 0.5) is 5.82 Å². The smallest absolute Gasteiger partial charge is 0.171 e. The monoisotopic (exact) mass is 259 g/mol. The lowest BCUT2D eigenvalue weighted by Gasteiger charge is -2.36. The molecule has 3 heterocycles. The minimum atomic E-state index is -0.0378. The molecule has 0 amide bonds. The Morgan fingerprint density at radius 2 is 2.17 bits per heavy atom. The average Bonchev–Trinajstić information content (AvgIpc) is 3.05. The van der Waals surface area contributed by atoms with Crippen molar-refractivity contribution in [2.24, 2.45) is 4.99 Å². The summed E-state index contributed by atoms with van der Waals surface area (Å²) in [5, 5.41) is 3.94. The van der Waals surface area contributed by atoms with Crippen molar-refractivity contribution >= 4 is 23.8 Å². The van der Waals surface area contributed by atoms with Crippen LogP contribution in [0.25, 0.3) is 5.69 Å². The summed E-state index contributed by atoms with van der Waals surface area (Å²) in [6.07, 6.45) is 5.38. The first-order valence-electron chi connectivity index (χ1n) is 5.67. The molecule has 0 spiro atoms. The van der Waals surface area contributed by atoms with Gasteiger partial charge in [-0.2, -0.15) is 0 Å². The van der Waals surface area contributed by atoms with Crippen LogP contribution >= 0.6 is 11.6 Å². The molecule has 4 rings (SSSR count). The van der Waals surface area contributed by atoms with E-state index in [0.717, 1.165) is 17.1 Å². The molecule has 2 aliphatic rings. The first-order chi connectivity index (χ1) is 8.90. The van der Waals surface area contributed by atoms with E-state index in [-0.39, 0.29) is 6.17 Å². The minimum Gasteiger partial charge on any atom is -0.284 e. The van der Waals surface area contributed by atoms with Gasteiger partial charge in [0.25, 0.3) is 0 Å². The average molecular weight is 260 g/mol. The van der Waals surface area contributed by atoms with E-state index in [1.165, 1.54) is 0 Å². The van der Waals surface area contributed by atoms with Gasteiger partial charge in [-0.15, -0.1) is 11.6 Å². The Morgan fingerprint density at radius 3 is 3.06 bits per heavy atom. The number of aromatic nitrogens is 2. The zero-order chi connectivity index (χ0) is 12.1. The van der Waals surface area contributed by atoms with E-state index in [0.29, 0.717) is 6.00 Å². The quantitative estimate of drug-likeness (QED) is 0.582. The molecule has 0 bridgehead atoms. The second kappa shape index (κ2) is 3.49. The van der Waals surface area contributed by atoms with Crippen LogP contribution in [0.1, 0.15) is 11.7 Å². The lowest BCUT2D eigenvalue weighted by molar-refractivity contribution is 0.421. The maximum Gasteiger partial charge on any atom is 0.171 e. The fourth-order valence-corrected chi connectivity index (χ4v) is 2.70. The summed E-state index contributed by atoms with van der Waals surface area (Å²) in [7, 11) is 0. The topological polar surface area (TPSA) is 36.7 Å². The van der Waals surface area contributed by atoms with Crippen molar-refractivity contribution in [1.82, 2.24) is 14.6 Å². The van der Waals surface area contributed by atoms with Gasteiger partial charge in [0.05, 0.1) is 11.9 Å². The highest BCUT2D eigenvalue weighted by Crippen LogP contribution is 2.41. The maximum absolute atomic E-state index is 5.95. The highest BCUT2D eigenvalue weighted by Gasteiger charge is 2.36. The van der Waals surface area contributed by atoms with Crippen LogP contribution in [-0.2, 0) is 0 Å². The van der Waals surface area contributed by atoms with E-state index in [4.69, 9.17) is 11.6 Å². The Balaban J connectivity index is 1.98. The predicted molar refractivity (Wildman–Crippen MR) is 69.8 cm³/mol. The van der Waals surface area contributed by atoms with Crippen LogP contribution in [-0.4, -0.2) is 26.9 Å². The minimum absolute atomic E-state index is 0.0378. The molecule has 0 N–H and O–H groups in total. The van der Waals surface area contributed by atoms with Gasteiger partial charge in [-0.05, 0) is 6.07 Å². The van der Waals surface area contributed by atoms with Gasteiger partial charge >= 0.3 is 0 Å². The molecule has 2 aromatic rings. The molecular formula is C12H10ClN5. The van der Waals surface area contributed by atoms with Crippen molar-refractivity contribution in [3.8, 4) is 5.69 Å². The van der Waals surface area contributed by atoms with Crippen LogP contribution in [0, 0.1) is 0 Å². The molecule has 0 fully saturated rings. The van der Waals surface area contributed by atoms with Crippen LogP contribution < -0.4 is 5.01 Å². The summed E-state index contributed by atoms with van der Waals surface area (Å²) in [5.41, 5.74) is 2.28. The van der Waals surface area contributed by atoms with Crippen molar-refractivity contribution < 1.29 is 0 Å². The molecule has 1 atom stereocenters. The molecule has 0 saturated carbocycles. The zero-order valence-electron chi connectivity index (χ0n) is 9.44. The molecule has 1 aromatic carbocycles. The standard InChI is InChI=1S/C12H10ClN5/c13-6-16-8-15-12-9-3-1-2-4-10(9)17-7-14-5-11(17)18(12)16/h1-5,7-8,12H,6H2. The van der Waals surface area contributed by atoms with Gasteiger partial charge < -0.3 is 0 Å². The van der Waals surface area contributed by atoms with E-state index < -0.39 is 0 Å². The summed E-state index contributed by atoms with van der Waals surface area (Å²) in [5.74, 6) is 0.983. The molecule has 0 radical (unpaired) electrons. The summed E-state index contributed by atoms with van der Waals surface area (Å²) < 4.78 is 2.06. The van der Waals surface area contributed by atoms with Crippen LogP contribution in [0.2, 0.25) is 0 Å². The zero-order valence-corrected chi connectivity index (χ0v) is 10.2. The van der Waals surface area contributed by atoms with Gasteiger partial charge in [-0.3, -0.25) is 9.58 Å². The first kappa shape index (κ1) is 9.96. The number of hydrazine groups is 1. The molecule has 18 heavy (non-hydrogen) atoms. The van der Waals surface area contributed by atoms with Gasteiger partial charge in [-0.25, -0.2) is 15.0 Å². The number of para-hydroxylation sites is 1. The number of alkyl halides is 1. The van der Waals surface area contributed by atoms with E-state index in [9.17, 15) is 0 Å². The number of rotatable bonds is 1. The maximum atomic E-state index is 5.95. The summed E-state index contributed by atoms with van der Waals surface area (Å²) in [4.78, 5) is 8.76. The van der Waals surface area contributed by atoms with Crippen molar-refractivity contribution in [2.75, 3.05) is 11.0 Å². The SMILES string of the molecule is ClCN1C=NC2c3ccccc3-n3cncc3N21. The Labute approximate surface area is 109 Å². The highest BCUT2D eigenvalue weighted by atomic mass is 35.5. The van der Waals surface area contributed by atoms with Gasteiger partial charge in [0.15, 0.2) is 12.0 Å². The molecule has 5 nitrogen and oxygen atoms in total. The van der Waals surface area contributed by atoms with Crippen molar-refractivity contribution in [3.63, 3.8) is 0 Å². The van der Waals surface area contributed by atoms with Crippen molar-refractivity contribution in [3.05, 3.63) is 42.4 Å². The third-order valence-electron chi connectivity index (χ3n) is 3.30. The highest BCUT2D eigenvalue weighted by molar-refractivity contribution is 6.18. The predicted octanol–water partition coefficient (Wildman–Crippen LogP) is 2.15. The van der Waals surface area contributed by atoms with Gasteiger partial charge in [0.1, 0.15) is 18.7 Å². The first-order valence-corrected chi connectivity index (χ1v) is 6.20. The van der Waals surface area contributed by atoms with Gasteiger partial charge in [0.2, 0.25) is 0 Å². The van der Waals surface area contributed by atoms with E-state index in [1.807, 2.05) is 29.7 Å². The Hall–Kier alpha value is -2.01. The van der Waals surface area contributed by atoms with E-state index in [1.54, 1.807) is 6.34 Å². The normalized spacial score (nSPS) is 19.7. The van der Waals surface area contributed by atoms with E-state index >= 15 is 0 Å². The fourth-order valence-electron chi connectivity index (χ4n) is 2.53. The Kier molecular flexibility index (Phi) is 1.93. The van der Waals surface area contributed by atoms with Crippen molar-refractivity contribution in [1.29, 1.82) is 0 Å². The summed E-state index contributed by atoms with van der Waals surface area (Å²) in [6.45, 7) is 0.